The summed E-state index contributed by atoms with van der Waals surface area (Å²) < 4.78 is 11.5. The van der Waals surface area contributed by atoms with Crippen LogP contribution in [0.1, 0.15) is 195 Å². The maximum Gasteiger partial charge on any atom is 0.137 e. The molecule has 0 radical (unpaired) electrons. The van der Waals surface area contributed by atoms with Crippen LogP contribution in [0.4, 0.5) is 0 Å². The van der Waals surface area contributed by atoms with Crippen LogP contribution in [-0.4, -0.2) is 23.2 Å². The third kappa shape index (κ3) is 16.6. The van der Waals surface area contributed by atoms with Gasteiger partial charge in [0.25, 0.3) is 0 Å². The first-order chi connectivity index (χ1) is 29.1. The normalized spacial score (nSPS) is 18.6. The molecule has 2 aliphatic rings. The van der Waals surface area contributed by atoms with E-state index in [2.05, 4.69) is 110 Å². The number of ether oxygens (including phenoxy) is 2. The van der Waals surface area contributed by atoms with Gasteiger partial charge in [0.2, 0.25) is 0 Å². The van der Waals surface area contributed by atoms with E-state index in [-0.39, 0.29) is 0 Å². The fourth-order valence-corrected chi connectivity index (χ4v) is 8.68. The molecule has 59 heavy (non-hydrogen) atoms. The minimum atomic E-state index is 0.733. The molecule has 2 saturated carbocycles. The Morgan fingerprint density at radius 2 is 0.847 bits per heavy atom. The maximum absolute atomic E-state index is 5.75. The zero-order chi connectivity index (χ0) is 41.3. The Morgan fingerprint density at radius 1 is 0.441 bits per heavy atom. The Morgan fingerprint density at radius 3 is 1.22 bits per heavy atom. The summed E-state index contributed by atoms with van der Waals surface area (Å²) in [5.74, 6) is 17.9. The molecule has 2 fully saturated rings. The molecule has 314 valence electrons. The fourth-order valence-electron chi connectivity index (χ4n) is 8.68. The van der Waals surface area contributed by atoms with E-state index in [0.717, 1.165) is 83.7 Å². The van der Waals surface area contributed by atoms with Gasteiger partial charge in [0.1, 0.15) is 22.9 Å². The van der Waals surface area contributed by atoms with Crippen LogP contribution in [0, 0.1) is 35.5 Å². The molecular weight excluding hydrogens is 721 g/mol. The maximum atomic E-state index is 5.75. The molecule has 0 spiro atoms. The molecular formula is C55H72N2O2. The van der Waals surface area contributed by atoms with Gasteiger partial charge in [-0.3, -0.25) is 0 Å². The molecule has 0 aliphatic heterocycles. The van der Waals surface area contributed by atoms with Crippen molar-refractivity contribution in [1.82, 2.24) is 9.97 Å². The van der Waals surface area contributed by atoms with Gasteiger partial charge in [0.15, 0.2) is 0 Å². The quantitative estimate of drug-likeness (QED) is 0.0789. The molecule has 0 atom stereocenters. The highest BCUT2D eigenvalue weighted by molar-refractivity contribution is 5.43. The monoisotopic (exact) mass is 793 g/mol. The number of hydrogen-bond donors (Lipinski definition) is 0. The number of aromatic nitrogens is 2. The first kappa shape index (κ1) is 45.5. The molecule has 0 saturated heterocycles. The average molecular weight is 793 g/mol. The van der Waals surface area contributed by atoms with Crippen molar-refractivity contribution in [3.05, 3.63) is 119 Å². The van der Waals surface area contributed by atoms with Crippen LogP contribution < -0.4 is 9.47 Å². The van der Waals surface area contributed by atoms with Gasteiger partial charge in [-0.15, -0.1) is 0 Å². The van der Waals surface area contributed by atoms with E-state index in [1.165, 1.54) is 120 Å². The van der Waals surface area contributed by atoms with E-state index < -0.39 is 0 Å². The molecule has 4 aromatic rings. The first-order valence-corrected chi connectivity index (χ1v) is 23.5. The smallest absolute Gasteiger partial charge is 0.137 e. The van der Waals surface area contributed by atoms with Crippen molar-refractivity contribution in [1.29, 1.82) is 0 Å². The summed E-state index contributed by atoms with van der Waals surface area (Å²) in [6, 6.07) is 25.5. The number of rotatable bonds is 17. The standard InChI is InChI=1S/C28H37NO.C27H35NO/c1-3-5-6-7-21-30-28-20-19-27(29-22-28)18-13-24-11-16-26(17-12-24)25-14-9-23(8-4-2)10-15-25;1-3-5-6-20-29-27-19-18-26(28-21-27)17-12-23-10-15-25(16-11-23)24-13-8-22(7-4-2)9-14-24/h11-12,16-17,19-20,22-23,25H,3-10,14-15,21H2,1-2H3;10-11,15-16,18-19,21-22,24H,3-9,13-14,20H2,1-2H3/t23-,25-;22-,24-. The van der Waals surface area contributed by atoms with Gasteiger partial charge in [-0.2, -0.15) is 0 Å². The molecule has 4 heteroatoms. The summed E-state index contributed by atoms with van der Waals surface area (Å²) in [6.07, 6.45) is 28.3. The number of benzene rings is 2. The molecule has 2 aliphatic carbocycles. The van der Waals surface area contributed by atoms with Crippen LogP contribution in [0.5, 0.6) is 11.5 Å². The third-order valence-corrected chi connectivity index (χ3v) is 12.3. The number of hydrogen-bond acceptors (Lipinski definition) is 4. The molecule has 2 aromatic carbocycles. The summed E-state index contributed by atoms with van der Waals surface area (Å²) in [4.78, 5) is 8.83. The van der Waals surface area contributed by atoms with Gasteiger partial charge in [-0.05, 0) is 159 Å². The molecule has 0 bridgehead atoms. The Labute approximate surface area is 358 Å². The minimum absolute atomic E-state index is 0.733. The minimum Gasteiger partial charge on any atom is -0.492 e. The Balaban J connectivity index is 0.000000224. The van der Waals surface area contributed by atoms with E-state index in [9.17, 15) is 0 Å². The lowest BCUT2D eigenvalue weighted by molar-refractivity contribution is 0.304. The summed E-state index contributed by atoms with van der Waals surface area (Å²) in [6.45, 7) is 10.5. The van der Waals surface area contributed by atoms with Crippen LogP contribution in [0.15, 0.2) is 85.2 Å². The van der Waals surface area contributed by atoms with Crippen LogP contribution in [0.3, 0.4) is 0 Å². The SMILES string of the molecule is CCCCCCOc1ccc(C#Cc2ccc([C@H]3CC[C@H](CCC)CC3)cc2)nc1.CCCCCOc1ccc(C#Cc2ccc([C@H]3CC[C@H](CCC)CC3)cc2)nc1. The van der Waals surface area contributed by atoms with Crippen molar-refractivity contribution in [2.24, 2.45) is 11.8 Å². The molecule has 2 aromatic heterocycles. The molecule has 0 N–H and O–H groups in total. The predicted molar refractivity (Wildman–Crippen MR) is 247 cm³/mol. The number of unbranched alkanes of at least 4 members (excludes halogenated alkanes) is 5. The van der Waals surface area contributed by atoms with Gasteiger partial charge < -0.3 is 9.47 Å². The summed E-state index contributed by atoms with van der Waals surface area (Å²) in [5.41, 5.74) is 6.63. The van der Waals surface area contributed by atoms with Crippen molar-refractivity contribution in [3.63, 3.8) is 0 Å². The Hall–Kier alpha value is -4.54. The first-order valence-electron chi connectivity index (χ1n) is 23.5. The number of pyridine rings is 2. The van der Waals surface area contributed by atoms with Gasteiger partial charge >= 0.3 is 0 Å². The lowest BCUT2D eigenvalue weighted by Crippen LogP contribution is -2.13. The summed E-state index contributed by atoms with van der Waals surface area (Å²) in [7, 11) is 0. The lowest BCUT2D eigenvalue weighted by atomic mass is 9.77. The number of nitrogens with zero attached hydrogens (tertiary/aromatic N) is 2. The Kier molecular flexibility index (Phi) is 20.5. The summed E-state index contributed by atoms with van der Waals surface area (Å²) in [5, 5.41) is 0. The van der Waals surface area contributed by atoms with Crippen molar-refractivity contribution >= 4 is 0 Å². The van der Waals surface area contributed by atoms with Gasteiger partial charge in [-0.25, -0.2) is 9.97 Å². The van der Waals surface area contributed by atoms with Crippen molar-refractivity contribution in [3.8, 4) is 35.2 Å². The second-order valence-corrected chi connectivity index (χ2v) is 17.0. The van der Waals surface area contributed by atoms with E-state index >= 15 is 0 Å². The average Bonchev–Trinajstić information content (AvgIpc) is 3.28. The highest BCUT2D eigenvalue weighted by Crippen LogP contribution is 2.38. The van der Waals surface area contributed by atoms with Crippen molar-refractivity contribution < 1.29 is 9.47 Å². The summed E-state index contributed by atoms with van der Waals surface area (Å²) >= 11 is 0. The van der Waals surface area contributed by atoms with Crippen LogP contribution in [0.2, 0.25) is 0 Å². The van der Waals surface area contributed by atoms with Gasteiger partial charge in [-0.1, -0.05) is 122 Å². The second-order valence-electron chi connectivity index (χ2n) is 17.0. The molecule has 0 unspecified atom stereocenters. The molecule has 6 rings (SSSR count). The largest absolute Gasteiger partial charge is 0.492 e. The molecule has 0 amide bonds. The highest BCUT2D eigenvalue weighted by Gasteiger charge is 2.22. The topological polar surface area (TPSA) is 44.2 Å². The van der Waals surface area contributed by atoms with E-state index in [0.29, 0.717) is 0 Å². The third-order valence-electron chi connectivity index (χ3n) is 12.3. The van der Waals surface area contributed by atoms with Crippen molar-refractivity contribution in [2.75, 3.05) is 13.2 Å². The second kappa shape index (κ2) is 26.5. The van der Waals surface area contributed by atoms with E-state index in [4.69, 9.17) is 9.47 Å². The van der Waals surface area contributed by atoms with Crippen LogP contribution in [-0.2, 0) is 0 Å². The van der Waals surface area contributed by atoms with Gasteiger partial charge in [0.05, 0.1) is 25.6 Å². The Bertz CT molecular complexity index is 1840. The van der Waals surface area contributed by atoms with Crippen LogP contribution in [0.25, 0.3) is 0 Å². The lowest BCUT2D eigenvalue weighted by Gasteiger charge is -2.28. The van der Waals surface area contributed by atoms with Gasteiger partial charge in [0, 0.05) is 11.1 Å². The fraction of sp³-hybridized carbons (Fsp3) is 0.527. The predicted octanol–water partition coefficient (Wildman–Crippen LogP) is 14.6. The molecule has 4 nitrogen and oxygen atoms in total. The zero-order valence-corrected chi connectivity index (χ0v) is 37.0. The van der Waals surface area contributed by atoms with Crippen LogP contribution >= 0.6 is 0 Å². The van der Waals surface area contributed by atoms with E-state index in [1.54, 1.807) is 12.4 Å². The zero-order valence-electron chi connectivity index (χ0n) is 37.0. The highest BCUT2D eigenvalue weighted by atomic mass is 16.5. The van der Waals surface area contributed by atoms with E-state index in [1.807, 2.05) is 24.3 Å². The van der Waals surface area contributed by atoms with Crippen molar-refractivity contribution in [2.45, 2.75) is 162 Å². The molecule has 2 heterocycles.